The molecule has 0 bridgehead atoms. The SMILES string of the molecule is CC(C)[C@@H]1CC[C@]1(C#N)N[C@@H](C)c1ccccc1. The Bertz CT molecular complexity index is 432. The van der Waals surface area contributed by atoms with Crippen LogP contribution in [0.5, 0.6) is 0 Å². The van der Waals surface area contributed by atoms with Crippen molar-refractivity contribution in [3.8, 4) is 6.07 Å². The Hall–Kier alpha value is -1.33. The van der Waals surface area contributed by atoms with Gasteiger partial charge in [-0.3, -0.25) is 5.32 Å². The second-order valence-electron chi connectivity index (χ2n) is 5.75. The van der Waals surface area contributed by atoms with Crippen molar-refractivity contribution >= 4 is 0 Å². The molecule has 0 aliphatic heterocycles. The van der Waals surface area contributed by atoms with Crippen LogP contribution in [0.25, 0.3) is 0 Å². The maximum Gasteiger partial charge on any atom is 0.110 e. The number of nitrogens with one attached hydrogen (secondary N) is 1. The number of hydrogen-bond acceptors (Lipinski definition) is 2. The van der Waals surface area contributed by atoms with Gasteiger partial charge in [-0.15, -0.1) is 0 Å². The molecule has 3 atom stereocenters. The van der Waals surface area contributed by atoms with Gasteiger partial charge in [-0.25, -0.2) is 0 Å². The van der Waals surface area contributed by atoms with Crippen molar-refractivity contribution in [2.45, 2.75) is 45.2 Å². The lowest BCUT2D eigenvalue weighted by atomic mass is 9.62. The molecule has 0 heterocycles. The number of nitriles is 1. The molecular weight excluding hydrogens is 220 g/mol. The Kier molecular flexibility index (Phi) is 3.73. The van der Waals surface area contributed by atoms with E-state index in [1.165, 1.54) is 12.0 Å². The zero-order valence-electron chi connectivity index (χ0n) is 11.5. The quantitative estimate of drug-likeness (QED) is 0.874. The van der Waals surface area contributed by atoms with Crippen LogP contribution < -0.4 is 5.32 Å². The van der Waals surface area contributed by atoms with E-state index in [4.69, 9.17) is 0 Å². The van der Waals surface area contributed by atoms with Gasteiger partial charge in [-0.05, 0) is 37.2 Å². The highest BCUT2D eigenvalue weighted by molar-refractivity contribution is 5.23. The van der Waals surface area contributed by atoms with E-state index in [2.05, 4.69) is 44.3 Å². The smallest absolute Gasteiger partial charge is 0.110 e. The Balaban J connectivity index is 2.11. The molecule has 1 aliphatic rings. The van der Waals surface area contributed by atoms with Gasteiger partial charge in [0.2, 0.25) is 0 Å². The largest absolute Gasteiger partial charge is 0.293 e. The van der Waals surface area contributed by atoms with Gasteiger partial charge in [0.15, 0.2) is 0 Å². The summed E-state index contributed by atoms with van der Waals surface area (Å²) in [4.78, 5) is 0. The summed E-state index contributed by atoms with van der Waals surface area (Å²) < 4.78 is 0. The predicted octanol–water partition coefficient (Wildman–Crippen LogP) is 3.67. The first-order valence-electron chi connectivity index (χ1n) is 6.83. The van der Waals surface area contributed by atoms with Crippen LogP contribution in [0.4, 0.5) is 0 Å². The molecule has 1 aromatic carbocycles. The second kappa shape index (κ2) is 5.12. The van der Waals surface area contributed by atoms with Crippen molar-refractivity contribution < 1.29 is 0 Å². The number of benzene rings is 1. The minimum atomic E-state index is -0.316. The Morgan fingerprint density at radius 2 is 1.94 bits per heavy atom. The fraction of sp³-hybridized carbons (Fsp3) is 0.562. The molecular formula is C16H22N2. The molecule has 0 spiro atoms. The summed E-state index contributed by atoms with van der Waals surface area (Å²) in [6.07, 6.45) is 2.14. The molecule has 18 heavy (non-hydrogen) atoms. The van der Waals surface area contributed by atoms with Crippen molar-refractivity contribution in [1.82, 2.24) is 5.32 Å². The van der Waals surface area contributed by atoms with Crippen LogP contribution in [0.15, 0.2) is 30.3 Å². The molecule has 1 aliphatic carbocycles. The van der Waals surface area contributed by atoms with Crippen molar-refractivity contribution in [2.24, 2.45) is 11.8 Å². The van der Waals surface area contributed by atoms with Crippen LogP contribution in [-0.4, -0.2) is 5.54 Å². The maximum atomic E-state index is 9.54. The molecule has 0 aromatic heterocycles. The zero-order chi connectivity index (χ0) is 13.2. The molecule has 1 aromatic rings. The summed E-state index contributed by atoms with van der Waals surface area (Å²) in [5.74, 6) is 1.04. The molecule has 1 saturated carbocycles. The Labute approximate surface area is 110 Å². The molecule has 0 unspecified atom stereocenters. The third-order valence-electron chi connectivity index (χ3n) is 4.26. The summed E-state index contributed by atoms with van der Waals surface area (Å²) in [6.45, 7) is 6.57. The lowest BCUT2D eigenvalue weighted by Gasteiger charge is -2.48. The van der Waals surface area contributed by atoms with Crippen LogP contribution in [0.2, 0.25) is 0 Å². The van der Waals surface area contributed by atoms with Crippen LogP contribution in [0.3, 0.4) is 0 Å². The molecule has 0 radical (unpaired) electrons. The second-order valence-corrected chi connectivity index (χ2v) is 5.75. The standard InChI is InChI=1S/C16H22N2/c1-12(2)15-9-10-16(15,11-17)18-13(3)14-7-5-4-6-8-14/h4-8,12-13,15,18H,9-10H2,1-3H3/t13-,15-,16+/m0/s1. The normalized spacial score (nSPS) is 28.5. The Morgan fingerprint density at radius 1 is 1.28 bits per heavy atom. The molecule has 0 amide bonds. The van der Waals surface area contributed by atoms with Crippen LogP contribution >= 0.6 is 0 Å². The average molecular weight is 242 g/mol. The molecule has 1 N–H and O–H groups in total. The lowest BCUT2D eigenvalue weighted by molar-refractivity contribution is 0.0839. The summed E-state index contributed by atoms with van der Waals surface area (Å²) >= 11 is 0. The predicted molar refractivity (Wildman–Crippen MR) is 73.9 cm³/mol. The lowest BCUT2D eigenvalue weighted by Crippen LogP contribution is -2.59. The molecule has 96 valence electrons. The molecule has 2 rings (SSSR count). The minimum absolute atomic E-state index is 0.229. The van der Waals surface area contributed by atoms with Gasteiger partial charge in [0.25, 0.3) is 0 Å². The number of rotatable bonds is 4. The summed E-state index contributed by atoms with van der Waals surface area (Å²) in [5, 5.41) is 13.1. The average Bonchev–Trinajstić information content (AvgIpc) is 2.34. The van der Waals surface area contributed by atoms with Crippen LogP contribution in [0.1, 0.15) is 45.2 Å². The van der Waals surface area contributed by atoms with E-state index in [-0.39, 0.29) is 11.6 Å². The van der Waals surface area contributed by atoms with Gasteiger partial charge in [0.05, 0.1) is 6.07 Å². The first-order chi connectivity index (χ1) is 8.59. The maximum absolute atomic E-state index is 9.54. The van der Waals surface area contributed by atoms with Crippen molar-refractivity contribution in [3.05, 3.63) is 35.9 Å². The number of hydrogen-bond donors (Lipinski definition) is 1. The molecule has 2 heteroatoms. The highest BCUT2D eigenvalue weighted by Gasteiger charge is 2.49. The van der Waals surface area contributed by atoms with E-state index in [1.807, 2.05) is 18.2 Å². The van der Waals surface area contributed by atoms with E-state index >= 15 is 0 Å². The molecule has 1 fully saturated rings. The molecule has 0 saturated heterocycles. The van der Waals surface area contributed by atoms with Gasteiger partial charge in [-0.2, -0.15) is 5.26 Å². The number of nitrogens with zero attached hydrogens (tertiary/aromatic N) is 1. The monoisotopic (exact) mass is 242 g/mol. The van der Waals surface area contributed by atoms with Gasteiger partial charge in [0.1, 0.15) is 5.54 Å². The van der Waals surface area contributed by atoms with Gasteiger partial charge < -0.3 is 0 Å². The van der Waals surface area contributed by atoms with E-state index in [9.17, 15) is 5.26 Å². The van der Waals surface area contributed by atoms with Gasteiger partial charge in [0, 0.05) is 6.04 Å². The van der Waals surface area contributed by atoms with Crippen LogP contribution in [0, 0.1) is 23.2 Å². The minimum Gasteiger partial charge on any atom is -0.293 e. The zero-order valence-corrected chi connectivity index (χ0v) is 11.5. The first kappa shape index (κ1) is 13.1. The van der Waals surface area contributed by atoms with Crippen LogP contribution in [-0.2, 0) is 0 Å². The first-order valence-corrected chi connectivity index (χ1v) is 6.83. The third-order valence-corrected chi connectivity index (χ3v) is 4.26. The highest BCUT2D eigenvalue weighted by atomic mass is 15.0. The highest BCUT2D eigenvalue weighted by Crippen LogP contribution is 2.44. The van der Waals surface area contributed by atoms with E-state index < -0.39 is 0 Å². The summed E-state index contributed by atoms with van der Waals surface area (Å²) in [6, 6.07) is 13.1. The summed E-state index contributed by atoms with van der Waals surface area (Å²) in [5.41, 5.74) is 0.935. The van der Waals surface area contributed by atoms with E-state index in [0.29, 0.717) is 11.8 Å². The van der Waals surface area contributed by atoms with Crippen molar-refractivity contribution in [1.29, 1.82) is 5.26 Å². The van der Waals surface area contributed by atoms with Gasteiger partial charge in [-0.1, -0.05) is 44.2 Å². The molecule has 2 nitrogen and oxygen atoms in total. The third kappa shape index (κ3) is 2.28. The van der Waals surface area contributed by atoms with Gasteiger partial charge >= 0.3 is 0 Å². The van der Waals surface area contributed by atoms with Crippen molar-refractivity contribution in [2.75, 3.05) is 0 Å². The summed E-state index contributed by atoms with van der Waals surface area (Å²) in [7, 11) is 0. The van der Waals surface area contributed by atoms with Crippen molar-refractivity contribution in [3.63, 3.8) is 0 Å². The fourth-order valence-electron chi connectivity index (χ4n) is 3.06. The van der Waals surface area contributed by atoms with E-state index in [1.54, 1.807) is 0 Å². The fourth-order valence-corrected chi connectivity index (χ4v) is 3.06. The topological polar surface area (TPSA) is 35.8 Å². The van der Waals surface area contributed by atoms with E-state index in [0.717, 1.165) is 6.42 Å². The Morgan fingerprint density at radius 3 is 2.39 bits per heavy atom.